The minimum absolute atomic E-state index is 0.126. The predicted octanol–water partition coefficient (Wildman–Crippen LogP) is 19.9. The molecule has 75 heavy (non-hydrogen) atoms. The number of aryl methyl sites for hydroxylation is 2. The molecule has 0 heterocycles. The Morgan fingerprint density at radius 2 is 0.867 bits per heavy atom. The van der Waals surface area contributed by atoms with Crippen molar-refractivity contribution in [3.05, 3.63) is 310 Å². The summed E-state index contributed by atoms with van der Waals surface area (Å²) in [7, 11) is 0. The number of rotatable bonds is 16. The molecule has 0 radical (unpaired) electrons. The Bertz CT molecular complexity index is 3550. The zero-order chi connectivity index (χ0) is 51.9. The van der Waals surface area contributed by atoms with Gasteiger partial charge >= 0.3 is 0 Å². The highest BCUT2D eigenvalue weighted by atomic mass is 15.2. The van der Waals surface area contributed by atoms with Crippen LogP contribution in [0.15, 0.2) is 255 Å². The van der Waals surface area contributed by atoms with Crippen molar-refractivity contribution in [3.8, 4) is 0 Å². The fraction of sp³-hybridized carbons (Fsp3) is 0.151. The van der Waals surface area contributed by atoms with E-state index in [4.69, 9.17) is 0 Å². The van der Waals surface area contributed by atoms with Crippen LogP contribution in [0.3, 0.4) is 0 Å². The molecule has 10 aromatic rings. The Morgan fingerprint density at radius 1 is 0.440 bits per heavy atom. The van der Waals surface area contributed by atoms with Crippen LogP contribution in [0.25, 0.3) is 21.5 Å². The van der Waals surface area contributed by atoms with Gasteiger partial charge in [0.25, 0.3) is 0 Å². The second-order valence-electron chi connectivity index (χ2n) is 21.3. The highest BCUT2D eigenvalue weighted by Crippen LogP contribution is 2.47. The van der Waals surface area contributed by atoms with Crippen LogP contribution in [0.1, 0.15) is 83.3 Å². The van der Waals surface area contributed by atoms with Gasteiger partial charge in [0, 0.05) is 33.5 Å². The Kier molecular flexibility index (Phi) is 14.9. The second-order valence-corrected chi connectivity index (χ2v) is 21.3. The van der Waals surface area contributed by atoms with Crippen molar-refractivity contribution >= 4 is 55.7 Å². The highest BCUT2D eigenvalue weighted by Gasteiger charge is 2.24. The normalized spacial score (nSPS) is 11.9. The standard InChI is InChI=1S/C73H68N2/c1-8-19-54(20-9-2)47-61-33-40-70(53(4)43-61)75(67-38-31-60(32-39-67)46-57-25-17-12-18-26-57)71-42-52(3)41-62-49-69-63(50-68(62)71)48-64(73(5,6)7)51-72(69)74(65-34-27-58(28-35-65)44-55-21-13-10-14-22-55)66-36-29-59(30-37-66)45-56-23-15-11-16-24-56/h8-43,48-51H,1,44-47H2,2-7H3/b20-9-,54-19+. The lowest BCUT2D eigenvalue weighted by Crippen LogP contribution is -2.15. The van der Waals surface area contributed by atoms with Gasteiger partial charge in [0.1, 0.15) is 0 Å². The first-order chi connectivity index (χ1) is 36.5. The van der Waals surface area contributed by atoms with Crippen molar-refractivity contribution in [2.75, 3.05) is 9.80 Å². The van der Waals surface area contributed by atoms with E-state index >= 15 is 0 Å². The molecule has 10 aromatic carbocycles. The molecule has 10 rings (SSSR count). The maximum Gasteiger partial charge on any atom is 0.0543 e. The summed E-state index contributed by atoms with van der Waals surface area (Å²) >= 11 is 0. The van der Waals surface area contributed by atoms with Crippen molar-refractivity contribution in [1.82, 2.24) is 0 Å². The van der Waals surface area contributed by atoms with Crippen LogP contribution in [-0.4, -0.2) is 0 Å². The molecule has 0 saturated carbocycles. The van der Waals surface area contributed by atoms with Gasteiger partial charge in [0.05, 0.1) is 11.4 Å². The van der Waals surface area contributed by atoms with Gasteiger partial charge in [0.2, 0.25) is 0 Å². The first-order valence-corrected chi connectivity index (χ1v) is 26.5. The van der Waals surface area contributed by atoms with Crippen LogP contribution >= 0.6 is 0 Å². The predicted molar refractivity (Wildman–Crippen MR) is 324 cm³/mol. The second kappa shape index (κ2) is 22.3. The Balaban J connectivity index is 1.15. The molecule has 0 bridgehead atoms. The minimum atomic E-state index is -0.126. The van der Waals surface area contributed by atoms with E-state index < -0.39 is 0 Å². The number of benzene rings is 10. The number of allylic oxidation sites excluding steroid dienone is 5. The van der Waals surface area contributed by atoms with Crippen molar-refractivity contribution in [1.29, 1.82) is 0 Å². The lowest BCUT2D eigenvalue weighted by molar-refractivity contribution is 0.591. The van der Waals surface area contributed by atoms with Crippen molar-refractivity contribution < 1.29 is 0 Å². The minimum Gasteiger partial charge on any atom is -0.310 e. The molecule has 2 heteroatoms. The molecular formula is C73H68N2. The molecule has 0 fully saturated rings. The van der Waals surface area contributed by atoms with E-state index in [0.29, 0.717) is 0 Å². The zero-order valence-corrected chi connectivity index (χ0v) is 44.5. The Hall–Kier alpha value is -8.46. The van der Waals surface area contributed by atoms with E-state index in [2.05, 4.69) is 295 Å². The molecule has 0 saturated heterocycles. The van der Waals surface area contributed by atoms with Gasteiger partial charge in [-0.05, 0) is 191 Å². The van der Waals surface area contributed by atoms with Crippen LogP contribution < -0.4 is 9.80 Å². The summed E-state index contributed by atoms with van der Waals surface area (Å²) in [6.45, 7) is 17.6. The Labute approximate surface area is 446 Å². The summed E-state index contributed by atoms with van der Waals surface area (Å²) in [4.78, 5) is 4.98. The highest BCUT2D eigenvalue weighted by molar-refractivity contribution is 6.11. The van der Waals surface area contributed by atoms with Crippen LogP contribution in [-0.2, 0) is 31.1 Å². The summed E-state index contributed by atoms with van der Waals surface area (Å²) in [6.07, 6.45) is 11.7. The quantitative estimate of drug-likeness (QED) is 0.0703. The third-order valence-corrected chi connectivity index (χ3v) is 14.4. The lowest BCUT2D eigenvalue weighted by Gasteiger charge is -2.31. The summed E-state index contributed by atoms with van der Waals surface area (Å²) in [6, 6.07) is 81.5. The number of hydrogen-bond acceptors (Lipinski definition) is 2. The van der Waals surface area contributed by atoms with Crippen molar-refractivity contribution in [2.24, 2.45) is 0 Å². The van der Waals surface area contributed by atoms with Crippen LogP contribution in [0, 0.1) is 13.8 Å². The molecular weight excluding hydrogens is 905 g/mol. The van der Waals surface area contributed by atoms with E-state index in [-0.39, 0.29) is 5.41 Å². The van der Waals surface area contributed by atoms with E-state index in [1.807, 2.05) is 6.08 Å². The number of fused-ring (bicyclic) bond motifs is 2. The first-order valence-electron chi connectivity index (χ1n) is 26.5. The third-order valence-electron chi connectivity index (χ3n) is 14.4. The van der Waals surface area contributed by atoms with E-state index in [1.165, 1.54) is 82.8 Å². The fourth-order valence-corrected chi connectivity index (χ4v) is 10.6. The third kappa shape index (κ3) is 11.7. The first kappa shape index (κ1) is 50.1. The van der Waals surface area contributed by atoms with Gasteiger partial charge in [-0.15, -0.1) is 0 Å². The monoisotopic (exact) mass is 973 g/mol. The summed E-state index contributed by atoms with van der Waals surface area (Å²) in [5.74, 6) is 0. The smallest absolute Gasteiger partial charge is 0.0543 e. The number of hydrogen-bond donors (Lipinski definition) is 0. The van der Waals surface area contributed by atoms with Gasteiger partial charge in [-0.25, -0.2) is 0 Å². The molecule has 2 nitrogen and oxygen atoms in total. The summed E-state index contributed by atoms with van der Waals surface area (Å²) in [5.41, 5.74) is 20.7. The van der Waals surface area contributed by atoms with Crippen LogP contribution in [0.5, 0.6) is 0 Å². The molecule has 0 amide bonds. The van der Waals surface area contributed by atoms with Crippen molar-refractivity contribution in [3.63, 3.8) is 0 Å². The molecule has 0 aliphatic heterocycles. The van der Waals surface area contributed by atoms with E-state index in [9.17, 15) is 0 Å². The van der Waals surface area contributed by atoms with E-state index in [0.717, 1.165) is 59.8 Å². The molecule has 370 valence electrons. The van der Waals surface area contributed by atoms with Gasteiger partial charge in [-0.3, -0.25) is 0 Å². The van der Waals surface area contributed by atoms with E-state index in [1.54, 1.807) is 0 Å². The lowest BCUT2D eigenvalue weighted by atomic mass is 9.84. The SMILES string of the molecule is C=C/C=C(\C=C/C)Cc1ccc(N(c2ccc(Cc3ccccc3)cc2)c2cc(C)cc3cc4c(N(c5ccc(Cc6ccccc6)cc5)c5ccc(Cc6ccccc6)cc5)cc(C(C)(C)C)cc4cc23)c(C)c1. The van der Waals surface area contributed by atoms with Crippen LogP contribution in [0.2, 0.25) is 0 Å². The average molecular weight is 973 g/mol. The van der Waals surface area contributed by atoms with Gasteiger partial charge in [-0.1, -0.05) is 203 Å². The molecule has 0 atom stereocenters. The molecule has 0 aliphatic carbocycles. The molecule has 0 aliphatic rings. The van der Waals surface area contributed by atoms with Gasteiger partial charge < -0.3 is 9.80 Å². The molecule has 0 spiro atoms. The Morgan fingerprint density at radius 3 is 1.31 bits per heavy atom. The summed E-state index contributed by atoms with van der Waals surface area (Å²) in [5, 5.41) is 4.81. The molecule has 0 aromatic heterocycles. The zero-order valence-electron chi connectivity index (χ0n) is 44.5. The topological polar surface area (TPSA) is 6.48 Å². The largest absolute Gasteiger partial charge is 0.310 e. The molecule has 0 N–H and O–H groups in total. The molecule has 0 unspecified atom stereocenters. The van der Waals surface area contributed by atoms with Crippen molar-refractivity contribution in [2.45, 2.75) is 72.6 Å². The average Bonchev–Trinajstić information content (AvgIpc) is 3.41. The van der Waals surface area contributed by atoms with Gasteiger partial charge in [0.15, 0.2) is 0 Å². The summed E-state index contributed by atoms with van der Waals surface area (Å²) < 4.78 is 0. The fourth-order valence-electron chi connectivity index (χ4n) is 10.6. The maximum absolute atomic E-state index is 3.99. The number of nitrogens with zero attached hydrogens (tertiary/aromatic N) is 2. The van der Waals surface area contributed by atoms with Crippen LogP contribution in [0.4, 0.5) is 34.1 Å². The maximum atomic E-state index is 3.99. The van der Waals surface area contributed by atoms with Gasteiger partial charge in [-0.2, -0.15) is 0 Å². The number of anilines is 6.